The van der Waals surface area contributed by atoms with Gasteiger partial charge in [-0.2, -0.15) is 0 Å². The van der Waals surface area contributed by atoms with Gasteiger partial charge in [-0.3, -0.25) is 0 Å². The molecular formula is C28H22O. The van der Waals surface area contributed by atoms with Crippen LogP contribution in [0.2, 0.25) is 0 Å². The lowest BCUT2D eigenvalue weighted by molar-refractivity contribution is 0.669. The van der Waals surface area contributed by atoms with Crippen molar-refractivity contribution in [2.75, 3.05) is 0 Å². The van der Waals surface area contributed by atoms with Gasteiger partial charge in [0.05, 0.1) is 0 Å². The van der Waals surface area contributed by atoms with Crippen LogP contribution < -0.4 is 0 Å². The molecule has 0 atom stereocenters. The topological polar surface area (TPSA) is 13.1 Å². The van der Waals surface area contributed by atoms with Crippen molar-refractivity contribution >= 4 is 27.5 Å². The predicted octanol–water partition coefficient (Wildman–Crippen LogP) is 7.90. The zero-order valence-corrected chi connectivity index (χ0v) is 16.4. The highest BCUT2D eigenvalue weighted by atomic mass is 16.3. The van der Waals surface area contributed by atoms with E-state index in [-0.39, 0.29) is 0 Å². The summed E-state index contributed by atoms with van der Waals surface area (Å²) in [5.41, 5.74) is 8.18. The van der Waals surface area contributed by atoms with E-state index in [9.17, 15) is 0 Å². The molecule has 1 aromatic heterocycles. The van der Waals surface area contributed by atoms with Crippen LogP contribution in [0.3, 0.4) is 0 Å². The molecule has 4 aromatic carbocycles. The van der Waals surface area contributed by atoms with Gasteiger partial charge in [0.1, 0.15) is 11.2 Å². The molecule has 140 valence electrons. The Morgan fingerprint density at radius 3 is 2.21 bits per heavy atom. The maximum Gasteiger partial charge on any atom is 0.136 e. The highest BCUT2D eigenvalue weighted by molar-refractivity contribution is 6.05. The van der Waals surface area contributed by atoms with Crippen LogP contribution in [0.1, 0.15) is 18.1 Å². The molecule has 0 radical (unpaired) electrons. The summed E-state index contributed by atoms with van der Waals surface area (Å²) in [6.45, 7) is 2.17. The first kappa shape index (κ1) is 17.5. The SMILES string of the molecule is C/C(=C\Cc1ccc(-c2ccccc2)cc1)c1ccc2c(c1)oc1ccccc12. The zero-order chi connectivity index (χ0) is 19.6. The van der Waals surface area contributed by atoms with Gasteiger partial charge in [0, 0.05) is 10.8 Å². The van der Waals surface area contributed by atoms with Crippen LogP contribution in [0.15, 0.2) is 108 Å². The number of allylic oxidation sites excluding steroid dienone is 2. The number of fused-ring (bicyclic) bond motifs is 3. The molecule has 0 aliphatic carbocycles. The van der Waals surface area contributed by atoms with Gasteiger partial charge in [0.15, 0.2) is 0 Å². The first-order valence-corrected chi connectivity index (χ1v) is 10.0. The van der Waals surface area contributed by atoms with Crippen LogP contribution in [0.5, 0.6) is 0 Å². The van der Waals surface area contributed by atoms with Gasteiger partial charge in [0.2, 0.25) is 0 Å². The van der Waals surface area contributed by atoms with E-state index in [0.29, 0.717) is 0 Å². The molecule has 0 saturated carbocycles. The van der Waals surface area contributed by atoms with Crippen molar-refractivity contribution in [2.45, 2.75) is 13.3 Å². The van der Waals surface area contributed by atoms with Crippen molar-refractivity contribution in [3.63, 3.8) is 0 Å². The summed E-state index contributed by atoms with van der Waals surface area (Å²) in [4.78, 5) is 0. The number of benzene rings is 4. The molecule has 0 amide bonds. The van der Waals surface area contributed by atoms with Crippen LogP contribution in [-0.2, 0) is 6.42 Å². The van der Waals surface area contributed by atoms with Crippen LogP contribution >= 0.6 is 0 Å². The molecule has 0 fully saturated rings. The third-order valence-electron chi connectivity index (χ3n) is 5.54. The molecule has 0 saturated heterocycles. The quantitative estimate of drug-likeness (QED) is 0.311. The minimum Gasteiger partial charge on any atom is -0.456 e. The summed E-state index contributed by atoms with van der Waals surface area (Å²) < 4.78 is 6.03. The molecule has 1 heteroatoms. The van der Waals surface area contributed by atoms with Gasteiger partial charge in [-0.05, 0) is 59.4 Å². The van der Waals surface area contributed by atoms with E-state index in [1.165, 1.54) is 38.6 Å². The maximum atomic E-state index is 6.03. The Morgan fingerprint density at radius 1 is 0.690 bits per heavy atom. The van der Waals surface area contributed by atoms with Crippen molar-refractivity contribution in [2.24, 2.45) is 0 Å². The second kappa shape index (κ2) is 7.44. The van der Waals surface area contributed by atoms with Crippen molar-refractivity contribution in [3.8, 4) is 11.1 Å². The normalized spacial score (nSPS) is 12.0. The van der Waals surface area contributed by atoms with Gasteiger partial charge in [-0.1, -0.05) is 84.9 Å². The van der Waals surface area contributed by atoms with E-state index >= 15 is 0 Å². The molecule has 0 spiro atoms. The van der Waals surface area contributed by atoms with Crippen LogP contribution in [-0.4, -0.2) is 0 Å². The smallest absolute Gasteiger partial charge is 0.136 e. The van der Waals surface area contributed by atoms with Gasteiger partial charge >= 0.3 is 0 Å². The van der Waals surface area contributed by atoms with Crippen molar-refractivity contribution in [1.82, 2.24) is 0 Å². The molecule has 1 nitrogen and oxygen atoms in total. The minimum atomic E-state index is 0.916. The lowest BCUT2D eigenvalue weighted by atomic mass is 10.0. The third-order valence-corrected chi connectivity index (χ3v) is 5.54. The van der Waals surface area contributed by atoms with E-state index < -0.39 is 0 Å². The third kappa shape index (κ3) is 3.48. The number of hydrogen-bond donors (Lipinski definition) is 0. The Labute approximate surface area is 170 Å². The molecule has 5 rings (SSSR count). The fourth-order valence-corrected chi connectivity index (χ4v) is 3.82. The predicted molar refractivity (Wildman–Crippen MR) is 123 cm³/mol. The summed E-state index contributed by atoms with van der Waals surface area (Å²) in [6, 6.07) is 34.1. The minimum absolute atomic E-state index is 0.916. The molecule has 0 N–H and O–H groups in total. The molecule has 0 unspecified atom stereocenters. The van der Waals surface area contributed by atoms with E-state index in [1.54, 1.807) is 0 Å². The van der Waals surface area contributed by atoms with Gasteiger partial charge < -0.3 is 4.42 Å². The van der Waals surface area contributed by atoms with Crippen molar-refractivity contribution in [3.05, 3.63) is 114 Å². The lowest BCUT2D eigenvalue weighted by Crippen LogP contribution is -1.85. The highest BCUT2D eigenvalue weighted by Crippen LogP contribution is 2.30. The second-order valence-corrected chi connectivity index (χ2v) is 7.46. The molecule has 0 bridgehead atoms. The molecule has 0 aliphatic rings. The van der Waals surface area contributed by atoms with Gasteiger partial charge in [0.25, 0.3) is 0 Å². The first-order valence-electron chi connectivity index (χ1n) is 10.0. The Kier molecular flexibility index (Phi) is 4.50. The number of para-hydroxylation sites is 1. The van der Waals surface area contributed by atoms with Gasteiger partial charge in [-0.15, -0.1) is 0 Å². The second-order valence-electron chi connectivity index (χ2n) is 7.46. The fourth-order valence-electron chi connectivity index (χ4n) is 3.82. The molecule has 1 heterocycles. The molecular weight excluding hydrogens is 352 g/mol. The van der Waals surface area contributed by atoms with E-state index in [0.717, 1.165) is 17.6 Å². The van der Waals surface area contributed by atoms with Crippen LogP contribution in [0.25, 0.3) is 38.6 Å². The van der Waals surface area contributed by atoms with Crippen molar-refractivity contribution < 1.29 is 4.42 Å². The zero-order valence-electron chi connectivity index (χ0n) is 16.4. The van der Waals surface area contributed by atoms with Crippen LogP contribution in [0, 0.1) is 0 Å². The number of furan rings is 1. The average Bonchev–Trinajstić information content (AvgIpc) is 3.16. The average molecular weight is 374 g/mol. The summed E-state index contributed by atoms with van der Waals surface area (Å²) in [5, 5.41) is 2.35. The Bertz CT molecular complexity index is 1310. The summed E-state index contributed by atoms with van der Waals surface area (Å²) in [7, 11) is 0. The molecule has 0 aliphatic heterocycles. The first-order chi connectivity index (χ1) is 14.3. The Morgan fingerprint density at radius 2 is 1.38 bits per heavy atom. The largest absolute Gasteiger partial charge is 0.456 e. The van der Waals surface area contributed by atoms with Gasteiger partial charge in [-0.25, -0.2) is 0 Å². The van der Waals surface area contributed by atoms with Crippen LogP contribution in [0.4, 0.5) is 0 Å². The Hall–Kier alpha value is -3.58. The Balaban J connectivity index is 1.37. The molecule has 5 aromatic rings. The maximum absolute atomic E-state index is 6.03. The fraction of sp³-hybridized carbons (Fsp3) is 0.0714. The summed E-state index contributed by atoms with van der Waals surface area (Å²) >= 11 is 0. The van der Waals surface area contributed by atoms with Crippen molar-refractivity contribution in [1.29, 1.82) is 0 Å². The van der Waals surface area contributed by atoms with E-state index in [1.807, 2.05) is 18.2 Å². The van der Waals surface area contributed by atoms with E-state index in [4.69, 9.17) is 4.42 Å². The summed E-state index contributed by atoms with van der Waals surface area (Å²) in [6.07, 6.45) is 3.21. The monoisotopic (exact) mass is 374 g/mol. The number of hydrogen-bond acceptors (Lipinski definition) is 1. The molecule has 29 heavy (non-hydrogen) atoms. The highest BCUT2D eigenvalue weighted by Gasteiger charge is 2.07. The summed E-state index contributed by atoms with van der Waals surface area (Å²) in [5.74, 6) is 0. The standard InChI is InChI=1S/C28H22O/c1-20(11-12-21-13-15-23(16-14-21)22-7-3-2-4-8-22)24-17-18-26-25-9-5-6-10-27(25)29-28(26)19-24/h2-11,13-19H,12H2,1H3/b20-11+. The lowest BCUT2D eigenvalue weighted by Gasteiger charge is -2.05. The number of rotatable bonds is 4. The van der Waals surface area contributed by atoms with E-state index in [2.05, 4.69) is 91.9 Å².